The lowest BCUT2D eigenvalue weighted by Crippen LogP contribution is -2.42. The Morgan fingerprint density at radius 3 is 2.38 bits per heavy atom. The van der Waals surface area contributed by atoms with Crippen LogP contribution in [0, 0.1) is 6.92 Å². The predicted molar refractivity (Wildman–Crippen MR) is 97.5 cm³/mol. The van der Waals surface area contributed by atoms with Gasteiger partial charge in [-0.15, -0.1) is 0 Å². The van der Waals surface area contributed by atoms with Crippen molar-refractivity contribution in [3.8, 4) is 5.69 Å². The first-order valence-corrected chi connectivity index (χ1v) is 8.46. The van der Waals surface area contributed by atoms with Gasteiger partial charge in [0, 0.05) is 30.5 Å². The molecule has 1 aromatic heterocycles. The molecule has 0 spiro atoms. The molecular weight excluding hydrogens is 334 g/mol. The molecule has 26 heavy (non-hydrogen) atoms. The van der Waals surface area contributed by atoms with Crippen LogP contribution in [-0.4, -0.2) is 45.0 Å². The normalized spacial score (nSPS) is 12.6. The van der Waals surface area contributed by atoms with Crippen LogP contribution in [0.4, 0.5) is 0 Å². The Labute approximate surface area is 153 Å². The first kappa shape index (κ1) is 19.7. The third kappa shape index (κ3) is 5.42. The Balaban J connectivity index is 2.00. The minimum Gasteiger partial charge on any atom is -0.480 e. The number of aliphatic carboxylic acids is 1. The lowest BCUT2D eigenvalue weighted by Gasteiger charge is -2.21. The van der Waals surface area contributed by atoms with Gasteiger partial charge in [0.25, 0.3) is 5.91 Å². The van der Waals surface area contributed by atoms with Gasteiger partial charge in [0.05, 0.1) is 11.3 Å². The topological polar surface area (TPSA) is 93.5 Å². The highest BCUT2D eigenvalue weighted by atomic mass is 16.5. The molecule has 1 aromatic carbocycles. The molecule has 0 aliphatic carbocycles. The van der Waals surface area contributed by atoms with E-state index in [0.717, 1.165) is 11.4 Å². The largest absolute Gasteiger partial charge is 0.480 e. The van der Waals surface area contributed by atoms with E-state index in [9.17, 15) is 14.7 Å². The van der Waals surface area contributed by atoms with Crippen LogP contribution < -0.4 is 5.32 Å². The van der Waals surface area contributed by atoms with E-state index in [0.29, 0.717) is 5.56 Å². The summed E-state index contributed by atoms with van der Waals surface area (Å²) in [5, 5.41) is 16.1. The van der Waals surface area contributed by atoms with Gasteiger partial charge >= 0.3 is 5.97 Å². The third-order valence-corrected chi connectivity index (χ3v) is 3.75. The number of rotatable bonds is 7. The molecule has 2 rings (SSSR count). The molecule has 0 fully saturated rings. The third-order valence-electron chi connectivity index (χ3n) is 3.75. The van der Waals surface area contributed by atoms with Crippen LogP contribution in [0.5, 0.6) is 0 Å². The Kier molecular flexibility index (Phi) is 6.15. The Bertz CT molecular complexity index is 760. The molecule has 140 valence electrons. The molecule has 0 aliphatic heterocycles. The van der Waals surface area contributed by atoms with Crippen LogP contribution in [0.25, 0.3) is 5.69 Å². The first-order valence-electron chi connectivity index (χ1n) is 8.46. The van der Waals surface area contributed by atoms with Crippen LogP contribution in [0.2, 0.25) is 0 Å². The molecule has 7 nitrogen and oxygen atoms in total. The number of benzene rings is 1. The molecule has 0 aliphatic rings. The van der Waals surface area contributed by atoms with Crippen molar-refractivity contribution in [1.29, 1.82) is 0 Å². The minimum absolute atomic E-state index is 0.197. The molecule has 0 saturated carbocycles. The summed E-state index contributed by atoms with van der Waals surface area (Å²) in [6, 6.07) is 7.73. The molecule has 0 bridgehead atoms. The predicted octanol–water partition coefficient (Wildman–Crippen LogP) is 2.57. The zero-order valence-electron chi connectivity index (χ0n) is 15.5. The number of carbonyl (C=O) groups excluding carboxylic acids is 1. The molecular formula is C19H25N3O4. The highest BCUT2D eigenvalue weighted by Crippen LogP contribution is 2.12. The maximum Gasteiger partial charge on any atom is 0.326 e. The van der Waals surface area contributed by atoms with Crippen molar-refractivity contribution in [2.45, 2.75) is 45.8 Å². The second-order valence-electron chi connectivity index (χ2n) is 7.05. The number of nitrogens with zero attached hydrogens (tertiary/aromatic N) is 2. The summed E-state index contributed by atoms with van der Waals surface area (Å²) in [6.07, 6.45) is 1.90. The van der Waals surface area contributed by atoms with Crippen molar-refractivity contribution in [3.63, 3.8) is 0 Å². The van der Waals surface area contributed by atoms with Crippen LogP contribution in [-0.2, 0) is 9.53 Å². The lowest BCUT2D eigenvalue weighted by atomic mass is 10.1. The summed E-state index contributed by atoms with van der Waals surface area (Å²) in [7, 11) is 0. The second kappa shape index (κ2) is 8.14. The van der Waals surface area contributed by atoms with E-state index in [1.165, 1.54) is 0 Å². The number of aromatic nitrogens is 2. The van der Waals surface area contributed by atoms with Gasteiger partial charge in [0.1, 0.15) is 6.04 Å². The average molecular weight is 359 g/mol. The number of ether oxygens (including phenoxy) is 1. The van der Waals surface area contributed by atoms with Crippen LogP contribution >= 0.6 is 0 Å². The van der Waals surface area contributed by atoms with Gasteiger partial charge in [-0.05, 0) is 58.0 Å². The van der Waals surface area contributed by atoms with E-state index in [-0.39, 0.29) is 18.6 Å². The van der Waals surface area contributed by atoms with E-state index in [1.807, 2.05) is 33.8 Å². The summed E-state index contributed by atoms with van der Waals surface area (Å²) in [4.78, 5) is 23.7. The molecule has 1 unspecified atom stereocenters. The maximum absolute atomic E-state index is 12.3. The second-order valence-corrected chi connectivity index (χ2v) is 7.05. The van der Waals surface area contributed by atoms with Crippen molar-refractivity contribution in [1.82, 2.24) is 15.1 Å². The van der Waals surface area contributed by atoms with Gasteiger partial charge in [-0.25, -0.2) is 9.48 Å². The van der Waals surface area contributed by atoms with Crippen LogP contribution in [0.3, 0.4) is 0 Å². The van der Waals surface area contributed by atoms with Gasteiger partial charge in [-0.1, -0.05) is 0 Å². The number of aryl methyl sites for hydroxylation is 1. The standard InChI is InChI=1S/C19H25N3O4/c1-13-9-11-20-22(13)15-7-5-14(6-8-15)17(23)21-16(18(24)25)10-12-26-19(2,3)4/h5-9,11,16H,10,12H2,1-4H3,(H,21,23)(H,24,25). The molecule has 2 aromatic rings. The number of amides is 1. The van der Waals surface area contributed by atoms with Crippen molar-refractivity contribution < 1.29 is 19.4 Å². The SMILES string of the molecule is Cc1ccnn1-c1ccc(C(=O)NC(CCOC(C)(C)C)C(=O)O)cc1. The van der Waals surface area contributed by atoms with E-state index in [1.54, 1.807) is 35.1 Å². The Morgan fingerprint density at radius 2 is 1.88 bits per heavy atom. The van der Waals surface area contributed by atoms with Crippen molar-refractivity contribution in [3.05, 3.63) is 47.8 Å². The minimum atomic E-state index is -1.08. The highest BCUT2D eigenvalue weighted by Gasteiger charge is 2.22. The monoisotopic (exact) mass is 359 g/mol. The highest BCUT2D eigenvalue weighted by molar-refractivity contribution is 5.96. The number of carbonyl (C=O) groups is 2. The van der Waals surface area contributed by atoms with Crippen molar-refractivity contribution in [2.24, 2.45) is 0 Å². The molecule has 7 heteroatoms. The summed E-state index contributed by atoms with van der Waals surface area (Å²) >= 11 is 0. The van der Waals surface area contributed by atoms with Gasteiger partial charge in [-0.2, -0.15) is 5.10 Å². The zero-order chi connectivity index (χ0) is 19.3. The van der Waals surface area contributed by atoms with E-state index in [4.69, 9.17) is 4.74 Å². The number of nitrogens with one attached hydrogen (secondary N) is 1. The van der Waals surface area contributed by atoms with Crippen molar-refractivity contribution in [2.75, 3.05) is 6.61 Å². The molecule has 2 N–H and O–H groups in total. The fraction of sp³-hybridized carbons (Fsp3) is 0.421. The summed E-state index contributed by atoms with van der Waals surface area (Å²) in [6.45, 7) is 7.86. The lowest BCUT2D eigenvalue weighted by molar-refractivity contribution is -0.140. The summed E-state index contributed by atoms with van der Waals surface area (Å²) in [5.74, 6) is -1.52. The van der Waals surface area contributed by atoms with E-state index >= 15 is 0 Å². The molecule has 1 atom stereocenters. The molecule has 1 amide bonds. The number of carboxylic acids is 1. The average Bonchev–Trinajstić information content (AvgIpc) is 2.98. The van der Waals surface area contributed by atoms with Gasteiger partial charge in [-0.3, -0.25) is 4.79 Å². The smallest absolute Gasteiger partial charge is 0.326 e. The number of carboxylic acid groups (broad SMARTS) is 1. The van der Waals surface area contributed by atoms with Gasteiger partial charge in [0.15, 0.2) is 0 Å². The van der Waals surface area contributed by atoms with E-state index in [2.05, 4.69) is 10.4 Å². The fourth-order valence-electron chi connectivity index (χ4n) is 2.38. The van der Waals surface area contributed by atoms with E-state index < -0.39 is 17.9 Å². The van der Waals surface area contributed by atoms with Crippen molar-refractivity contribution >= 4 is 11.9 Å². The molecule has 1 heterocycles. The summed E-state index contributed by atoms with van der Waals surface area (Å²) < 4.78 is 7.30. The molecule has 0 radical (unpaired) electrons. The van der Waals surface area contributed by atoms with Gasteiger partial charge < -0.3 is 15.2 Å². The quantitative estimate of drug-likeness (QED) is 0.792. The Hall–Kier alpha value is -2.67. The van der Waals surface area contributed by atoms with Crippen LogP contribution in [0.1, 0.15) is 43.2 Å². The maximum atomic E-state index is 12.3. The zero-order valence-corrected chi connectivity index (χ0v) is 15.5. The Morgan fingerprint density at radius 1 is 1.23 bits per heavy atom. The van der Waals surface area contributed by atoms with Gasteiger partial charge in [0.2, 0.25) is 0 Å². The number of hydrogen-bond donors (Lipinski definition) is 2. The van der Waals surface area contributed by atoms with Crippen LogP contribution in [0.15, 0.2) is 36.5 Å². The summed E-state index contributed by atoms with van der Waals surface area (Å²) in [5.41, 5.74) is 1.85. The first-order chi connectivity index (χ1) is 12.2. The number of hydrogen-bond acceptors (Lipinski definition) is 4. The molecule has 0 saturated heterocycles. The fourth-order valence-corrected chi connectivity index (χ4v) is 2.38.